The third kappa shape index (κ3) is 4.20. The number of hydrogen-bond acceptors (Lipinski definition) is 3. The summed E-state index contributed by atoms with van der Waals surface area (Å²) in [6, 6.07) is 4.15. The van der Waals surface area contributed by atoms with Crippen LogP contribution in [-0.4, -0.2) is 48.9 Å². The van der Waals surface area contributed by atoms with Crippen LogP contribution >= 0.6 is 11.3 Å². The molecule has 3 amide bonds. The first kappa shape index (κ1) is 15.8. The second-order valence-electron chi connectivity index (χ2n) is 5.67. The number of rotatable bonds is 3. The van der Waals surface area contributed by atoms with Crippen LogP contribution in [0, 0.1) is 12.8 Å². The van der Waals surface area contributed by atoms with Crippen molar-refractivity contribution in [3.63, 3.8) is 0 Å². The van der Waals surface area contributed by atoms with E-state index in [0.29, 0.717) is 19.6 Å². The lowest BCUT2D eigenvalue weighted by Crippen LogP contribution is -2.46. The quantitative estimate of drug-likeness (QED) is 0.929. The van der Waals surface area contributed by atoms with E-state index in [1.807, 2.05) is 4.90 Å². The first-order valence-electron chi connectivity index (χ1n) is 7.26. The number of aryl methyl sites for hydroxylation is 1. The molecule has 1 aromatic heterocycles. The Bertz CT molecular complexity index is 505. The molecule has 1 saturated heterocycles. The fourth-order valence-corrected chi connectivity index (χ4v) is 3.34. The molecule has 1 aliphatic heterocycles. The maximum atomic E-state index is 12.2. The van der Waals surface area contributed by atoms with Crippen molar-refractivity contribution in [2.45, 2.75) is 26.3 Å². The van der Waals surface area contributed by atoms with Gasteiger partial charge in [0.1, 0.15) is 0 Å². The van der Waals surface area contributed by atoms with Crippen LogP contribution in [0.4, 0.5) is 4.79 Å². The Kier molecular flexibility index (Phi) is 5.22. The summed E-state index contributed by atoms with van der Waals surface area (Å²) in [6.07, 6.45) is 1.49. The average molecular weight is 309 g/mol. The van der Waals surface area contributed by atoms with Gasteiger partial charge in [-0.2, -0.15) is 0 Å². The molecule has 2 rings (SSSR count). The number of nitrogens with one attached hydrogen (secondary N) is 1. The number of urea groups is 1. The molecule has 0 aromatic carbocycles. The van der Waals surface area contributed by atoms with Gasteiger partial charge in [0, 0.05) is 42.9 Å². The molecule has 1 aliphatic rings. The highest BCUT2D eigenvalue weighted by Crippen LogP contribution is 2.19. The van der Waals surface area contributed by atoms with E-state index in [4.69, 9.17) is 0 Å². The van der Waals surface area contributed by atoms with Crippen LogP contribution in [0.25, 0.3) is 0 Å². The summed E-state index contributed by atoms with van der Waals surface area (Å²) in [5.74, 6) is 0.135. The van der Waals surface area contributed by atoms with Gasteiger partial charge in [-0.3, -0.25) is 4.79 Å². The highest BCUT2D eigenvalue weighted by atomic mass is 32.1. The summed E-state index contributed by atoms with van der Waals surface area (Å²) < 4.78 is 0. The van der Waals surface area contributed by atoms with Crippen LogP contribution in [0.2, 0.25) is 0 Å². The van der Waals surface area contributed by atoms with Crippen LogP contribution in [0.5, 0.6) is 0 Å². The van der Waals surface area contributed by atoms with Crippen molar-refractivity contribution < 1.29 is 9.59 Å². The highest BCUT2D eigenvalue weighted by molar-refractivity contribution is 7.11. The Morgan fingerprint density at radius 1 is 1.33 bits per heavy atom. The number of carbonyl (C=O) groups excluding carboxylic acids is 2. The van der Waals surface area contributed by atoms with Gasteiger partial charge in [0.2, 0.25) is 5.91 Å². The number of amides is 3. The van der Waals surface area contributed by atoms with Crippen LogP contribution < -0.4 is 5.32 Å². The summed E-state index contributed by atoms with van der Waals surface area (Å²) in [7, 11) is 3.51. The van der Waals surface area contributed by atoms with Crippen molar-refractivity contribution in [1.82, 2.24) is 15.1 Å². The van der Waals surface area contributed by atoms with Gasteiger partial charge in [-0.15, -0.1) is 11.3 Å². The lowest BCUT2D eigenvalue weighted by Gasteiger charge is -2.33. The third-order valence-corrected chi connectivity index (χ3v) is 4.75. The fraction of sp³-hybridized carbons (Fsp3) is 0.600. The van der Waals surface area contributed by atoms with Crippen molar-refractivity contribution in [2.75, 3.05) is 27.2 Å². The molecule has 1 fully saturated rings. The minimum Gasteiger partial charge on any atom is -0.351 e. The van der Waals surface area contributed by atoms with E-state index in [-0.39, 0.29) is 17.9 Å². The molecule has 116 valence electrons. The molecular weight excluding hydrogens is 286 g/mol. The summed E-state index contributed by atoms with van der Waals surface area (Å²) >= 11 is 1.71. The number of nitrogens with zero attached hydrogens (tertiary/aromatic N) is 2. The first-order valence-corrected chi connectivity index (χ1v) is 8.08. The summed E-state index contributed by atoms with van der Waals surface area (Å²) in [4.78, 5) is 29.8. The van der Waals surface area contributed by atoms with Crippen molar-refractivity contribution in [1.29, 1.82) is 0 Å². The van der Waals surface area contributed by atoms with Crippen molar-refractivity contribution in [3.05, 3.63) is 21.9 Å². The Balaban J connectivity index is 1.76. The predicted molar refractivity (Wildman–Crippen MR) is 84.3 cm³/mol. The van der Waals surface area contributed by atoms with Gasteiger partial charge in [0.05, 0.1) is 6.54 Å². The number of piperidine rings is 1. The van der Waals surface area contributed by atoms with E-state index in [1.54, 1.807) is 30.3 Å². The second kappa shape index (κ2) is 6.93. The van der Waals surface area contributed by atoms with Gasteiger partial charge in [0.15, 0.2) is 0 Å². The molecule has 0 saturated carbocycles. The third-order valence-electron chi connectivity index (χ3n) is 3.75. The SMILES string of the molecule is Cc1ccc(CNC(=O)C2CCN(C(=O)N(C)C)CC2)s1. The fourth-order valence-electron chi connectivity index (χ4n) is 2.51. The Labute approximate surface area is 129 Å². The molecule has 6 heteroatoms. The molecule has 2 heterocycles. The minimum absolute atomic E-state index is 0.0253. The monoisotopic (exact) mass is 309 g/mol. The lowest BCUT2D eigenvalue weighted by atomic mass is 9.96. The molecule has 0 atom stereocenters. The van der Waals surface area contributed by atoms with Gasteiger partial charge in [-0.05, 0) is 31.9 Å². The van der Waals surface area contributed by atoms with Crippen molar-refractivity contribution in [2.24, 2.45) is 5.92 Å². The maximum Gasteiger partial charge on any atom is 0.319 e. The Hall–Kier alpha value is -1.56. The largest absolute Gasteiger partial charge is 0.351 e. The predicted octanol–water partition coefficient (Wildman–Crippen LogP) is 2.07. The number of thiophene rings is 1. The van der Waals surface area contributed by atoms with Gasteiger partial charge >= 0.3 is 6.03 Å². The molecule has 1 N–H and O–H groups in total. The van der Waals surface area contributed by atoms with Crippen LogP contribution in [0.15, 0.2) is 12.1 Å². The summed E-state index contributed by atoms with van der Waals surface area (Å²) in [5, 5.41) is 3.01. The Morgan fingerprint density at radius 3 is 2.52 bits per heavy atom. The van der Waals surface area contributed by atoms with E-state index in [9.17, 15) is 9.59 Å². The van der Waals surface area contributed by atoms with E-state index >= 15 is 0 Å². The maximum absolute atomic E-state index is 12.2. The zero-order valence-electron chi connectivity index (χ0n) is 12.9. The standard InChI is InChI=1S/C15H23N3O2S/c1-11-4-5-13(21-11)10-16-14(19)12-6-8-18(9-7-12)15(20)17(2)3/h4-5,12H,6-10H2,1-3H3,(H,16,19). The lowest BCUT2D eigenvalue weighted by molar-refractivity contribution is -0.126. The topological polar surface area (TPSA) is 52.7 Å². The van der Waals surface area contributed by atoms with E-state index < -0.39 is 0 Å². The van der Waals surface area contributed by atoms with Crippen molar-refractivity contribution >= 4 is 23.3 Å². The number of carbonyl (C=O) groups is 2. The molecule has 0 radical (unpaired) electrons. The minimum atomic E-state index is 0.0253. The van der Waals surface area contributed by atoms with Crippen LogP contribution in [-0.2, 0) is 11.3 Å². The van der Waals surface area contributed by atoms with Gasteiger partial charge in [0.25, 0.3) is 0 Å². The van der Waals surface area contributed by atoms with Gasteiger partial charge < -0.3 is 15.1 Å². The molecule has 0 bridgehead atoms. The molecule has 0 aliphatic carbocycles. The zero-order valence-corrected chi connectivity index (χ0v) is 13.7. The molecular formula is C15H23N3O2S. The van der Waals surface area contributed by atoms with E-state index in [2.05, 4.69) is 24.4 Å². The Morgan fingerprint density at radius 2 is 2.00 bits per heavy atom. The summed E-state index contributed by atoms with van der Waals surface area (Å²) in [5.41, 5.74) is 0. The molecule has 21 heavy (non-hydrogen) atoms. The second-order valence-corrected chi connectivity index (χ2v) is 7.04. The molecule has 5 nitrogen and oxygen atoms in total. The van der Waals surface area contributed by atoms with Crippen LogP contribution in [0.1, 0.15) is 22.6 Å². The first-order chi connectivity index (χ1) is 9.97. The zero-order chi connectivity index (χ0) is 15.4. The number of likely N-dealkylation sites (tertiary alicyclic amines) is 1. The summed E-state index contributed by atoms with van der Waals surface area (Å²) in [6.45, 7) is 3.99. The molecule has 1 aromatic rings. The average Bonchev–Trinajstić information content (AvgIpc) is 2.89. The molecule has 0 spiro atoms. The van der Waals surface area contributed by atoms with Crippen LogP contribution in [0.3, 0.4) is 0 Å². The smallest absolute Gasteiger partial charge is 0.319 e. The normalized spacial score (nSPS) is 15.9. The van der Waals surface area contributed by atoms with E-state index in [0.717, 1.165) is 12.8 Å². The van der Waals surface area contributed by atoms with E-state index in [1.165, 1.54) is 9.75 Å². The number of hydrogen-bond donors (Lipinski definition) is 1. The van der Waals surface area contributed by atoms with Gasteiger partial charge in [-0.1, -0.05) is 0 Å². The van der Waals surface area contributed by atoms with Crippen molar-refractivity contribution in [3.8, 4) is 0 Å². The molecule has 0 unspecified atom stereocenters. The van der Waals surface area contributed by atoms with Gasteiger partial charge in [-0.25, -0.2) is 4.79 Å². The highest BCUT2D eigenvalue weighted by Gasteiger charge is 2.27.